The van der Waals surface area contributed by atoms with E-state index >= 15 is 4.39 Å². The van der Waals surface area contributed by atoms with Crippen LogP contribution in [0, 0.1) is 5.82 Å². The summed E-state index contributed by atoms with van der Waals surface area (Å²) in [4.78, 5) is 68.7. The summed E-state index contributed by atoms with van der Waals surface area (Å²) < 4.78 is 15.1. The maximum Gasteiger partial charge on any atom is 0.261 e. The molecule has 0 saturated carbocycles. The number of halogens is 1. The lowest BCUT2D eigenvalue weighted by Crippen LogP contribution is -2.52. The van der Waals surface area contributed by atoms with Crippen LogP contribution in [0.5, 0.6) is 0 Å². The van der Waals surface area contributed by atoms with Crippen molar-refractivity contribution in [3.63, 3.8) is 0 Å². The van der Waals surface area contributed by atoms with Crippen molar-refractivity contribution in [3.05, 3.63) is 64.5 Å². The normalized spacial score (nSPS) is 21.5. The summed E-state index contributed by atoms with van der Waals surface area (Å²) in [5.74, 6) is -2.22. The van der Waals surface area contributed by atoms with Gasteiger partial charge in [0, 0.05) is 51.3 Å². The minimum Gasteiger partial charge on any atom is -0.367 e. The molecule has 0 spiro atoms. The van der Waals surface area contributed by atoms with Crippen molar-refractivity contribution in [2.24, 2.45) is 0 Å². The Morgan fingerprint density at radius 1 is 0.846 bits per heavy atom. The Morgan fingerprint density at radius 3 is 2.21 bits per heavy atom. The number of rotatable bonds is 6. The van der Waals surface area contributed by atoms with Gasteiger partial charge in [0.05, 0.1) is 16.8 Å². The van der Waals surface area contributed by atoms with Crippen molar-refractivity contribution >= 4 is 35.2 Å². The van der Waals surface area contributed by atoms with Crippen LogP contribution in [0.2, 0.25) is 0 Å². The molecule has 2 aromatic rings. The molecule has 2 aromatic carbocycles. The topological polar surface area (TPSA) is 110 Å². The monoisotopic (exact) mass is 533 g/mol. The molecular weight excluding hydrogens is 505 g/mol. The highest BCUT2D eigenvalue weighted by atomic mass is 19.1. The van der Waals surface area contributed by atoms with Crippen molar-refractivity contribution in [1.82, 2.24) is 20.0 Å². The molecule has 39 heavy (non-hydrogen) atoms. The molecule has 0 radical (unpaired) electrons. The Balaban J connectivity index is 1.04. The summed E-state index contributed by atoms with van der Waals surface area (Å²) in [5, 5.41) is 2.28. The number of benzene rings is 2. The zero-order valence-corrected chi connectivity index (χ0v) is 21.3. The molecule has 0 bridgehead atoms. The standard InChI is InChI=1S/C28H28FN5O5/c29-21-15-20-17(16-34(28(20)39)22-6-7-24(35)30-25(22)36)14-23(21)32-12-10-31(11-13-32)8-3-9-33-26(37)18-4-1-2-5-19(18)27(33)38/h1-2,4-5,14-15,22H,3,6-13,16H2,(H,30,35,36). The molecule has 5 amide bonds. The van der Waals surface area contributed by atoms with Crippen LogP contribution in [0.25, 0.3) is 0 Å². The lowest BCUT2D eigenvalue weighted by Gasteiger charge is -2.36. The van der Waals surface area contributed by atoms with Crippen LogP contribution in [0.1, 0.15) is 55.9 Å². The second kappa shape index (κ2) is 9.88. The number of amides is 5. The number of piperazine rings is 1. The second-order valence-electron chi connectivity index (χ2n) is 10.4. The van der Waals surface area contributed by atoms with E-state index in [4.69, 9.17) is 0 Å². The van der Waals surface area contributed by atoms with E-state index in [9.17, 15) is 24.0 Å². The van der Waals surface area contributed by atoms with Crippen LogP contribution in [0.3, 0.4) is 0 Å². The van der Waals surface area contributed by atoms with Gasteiger partial charge < -0.3 is 9.80 Å². The molecule has 6 rings (SSSR count). The Bertz CT molecular complexity index is 1370. The number of imide groups is 2. The largest absolute Gasteiger partial charge is 0.367 e. The minimum atomic E-state index is -0.738. The van der Waals surface area contributed by atoms with Crippen molar-refractivity contribution in [2.45, 2.75) is 31.8 Å². The van der Waals surface area contributed by atoms with Crippen LogP contribution >= 0.6 is 0 Å². The molecular formula is C28H28FN5O5. The summed E-state index contributed by atoms with van der Waals surface area (Å²) in [6, 6.07) is 9.08. The third-order valence-electron chi connectivity index (χ3n) is 8.04. The van der Waals surface area contributed by atoms with Gasteiger partial charge in [-0.2, -0.15) is 0 Å². The molecule has 2 saturated heterocycles. The predicted octanol–water partition coefficient (Wildman–Crippen LogP) is 1.39. The van der Waals surface area contributed by atoms with Crippen molar-refractivity contribution in [3.8, 4) is 0 Å². The van der Waals surface area contributed by atoms with E-state index < -0.39 is 23.7 Å². The van der Waals surface area contributed by atoms with Crippen LogP contribution < -0.4 is 10.2 Å². The molecule has 4 aliphatic rings. The minimum absolute atomic E-state index is 0.165. The number of piperidine rings is 1. The van der Waals surface area contributed by atoms with E-state index in [1.807, 2.05) is 4.90 Å². The van der Waals surface area contributed by atoms with Gasteiger partial charge in [-0.3, -0.25) is 39.1 Å². The number of hydrogen-bond donors (Lipinski definition) is 1. The van der Waals surface area contributed by atoms with Crippen molar-refractivity contribution in [1.29, 1.82) is 0 Å². The third-order valence-corrected chi connectivity index (χ3v) is 8.04. The zero-order valence-electron chi connectivity index (χ0n) is 21.3. The van der Waals surface area contributed by atoms with Crippen LogP contribution in [0.4, 0.5) is 10.1 Å². The zero-order chi connectivity index (χ0) is 27.3. The number of hydrogen-bond acceptors (Lipinski definition) is 7. The van der Waals surface area contributed by atoms with E-state index in [1.54, 1.807) is 30.3 Å². The van der Waals surface area contributed by atoms with E-state index in [2.05, 4.69) is 10.2 Å². The van der Waals surface area contributed by atoms with Crippen LogP contribution in [-0.4, -0.2) is 89.5 Å². The Kier molecular flexibility index (Phi) is 6.38. The highest BCUT2D eigenvalue weighted by molar-refractivity contribution is 6.21. The van der Waals surface area contributed by atoms with Gasteiger partial charge in [-0.1, -0.05) is 12.1 Å². The summed E-state index contributed by atoms with van der Waals surface area (Å²) in [6.07, 6.45) is 1.07. The number of nitrogens with zero attached hydrogens (tertiary/aromatic N) is 4. The van der Waals surface area contributed by atoms with Gasteiger partial charge in [-0.05, 0) is 49.2 Å². The first kappa shape index (κ1) is 25.2. The second-order valence-corrected chi connectivity index (χ2v) is 10.4. The van der Waals surface area contributed by atoms with Crippen molar-refractivity contribution in [2.75, 3.05) is 44.2 Å². The fourth-order valence-electron chi connectivity index (χ4n) is 5.93. The van der Waals surface area contributed by atoms with E-state index in [0.29, 0.717) is 68.1 Å². The molecule has 4 heterocycles. The van der Waals surface area contributed by atoms with Gasteiger partial charge in [0.1, 0.15) is 11.9 Å². The van der Waals surface area contributed by atoms with Gasteiger partial charge >= 0.3 is 0 Å². The average Bonchev–Trinajstić information content (AvgIpc) is 3.37. The average molecular weight is 534 g/mol. The fraction of sp³-hybridized carbons (Fsp3) is 0.393. The SMILES string of the molecule is O=C1CCC(N2Cc3cc(N4CCN(CCCN5C(=O)c6ccccc6C5=O)CC4)c(F)cc3C2=O)C(=O)N1. The van der Waals surface area contributed by atoms with E-state index in [-0.39, 0.29) is 42.7 Å². The molecule has 1 N–H and O–H groups in total. The number of fused-ring (bicyclic) bond motifs is 2. The smallest absolute Gasteiger partial charge is 0.261 e. The fourth-order valence-corrected chi connectivity index (χ4v) is 5.93. The number of anilines is 1. The molecule has 10 nitrogen and oxygen atoms in total. The number of carbonyl (C=O) groups excluding carboxylic acids is 5. The lowest BCUT2D eigenvalue weighted by atomic mass is 10.0. The maximum atomic E-state index is 15.1. The number of carbonyl (C=O) groups is 5. The quantitative estimate of drug-likeness (QED) is 0.559. The van der Waals surface area contributed by atoms with Gasteiger partial charge in [0.2, 0.25) is 11.8 Å². The lowest BCUT2D eigenvalue weighted by molar-refractivity contribution is -0.136. The molecule has 11 heteroatoms. The molecule has 0 aliphatic carbocycles. The highest BCUT2D eigenvalue weighted by Gasteiger charge is 2.40. The Hall–Kier alpha value is -4.12. The molecule has 4 aliphatic heterocycles. The van der Waals surface area contributed by atoms with Crippen LogP contribution in [-0.2, 0) is 16.1 Å². The summed E-state index contributed by atoms with van der Waals surface area (Å²) in [6.45, 7) is 3.83. The molecule has 1 atom stereocenters. The first-order valence-electron chi connectivity index (χ1n) is 13.2. The predicted molar refractivity (Wildman–Crippen MR) is 138 cm³/mol. The maximum absolute atomic E-state index is 15.1. The molecule has 2 fully saturated rings. The van der Waals surface area contributed by atoms with E-state index in [1.165, 1.54) is 15.9 Å². The molecule has 202 valence electrons. The summed E-state index contributed by atoms with van der Waals surface area (Å²) in [5.41, 5.74) is 2.26. The van der Waals surface area contributed by atoms with E-state index in [0.717, 1.165) is 0 Å². The van der Waals surface area contributed by atoms with Gasteiger partial charge in [0.25, 0.3) is 17.7 Å². The first-order valence-corrected chi connectivity index (χ1v) is 13.2. The van der Waals surface area contributed by atoms with Gasteiger partial charge in [-0.25, -0.2) is 4.39 Å². The molecule has 0 aromatic heterocycles. The van der Waals surface area contributed by atoms with Gasteiger partial charge in [-0.15, -0.1) is 0 Å². The number of nitrogens with one attached hydrogen (secondary N) is 1. The van der Waals surface area contributed by atoms with Crippen LogP contribution in [0.15, 0.2) is 36.4 Å². The summed E-state index contributed by atoms with van der Waals surface area (Å²) in [7, 11) is 0. The van der Waals surface area contributed by atoms with Gasteiger partial charge in [0.15, 0.2) is 0 Å². The first-order chi connectivity index (χ1) is 18.8. The summed E-state index contributed by atoms with van der Waals surface area (Å²) >= 11 is 0. The third kappa shape index (κ3) is 4.46. The Morgan fingerprint density at radius 2 is 1.54 bits per heavy atom. The Labute approximate surface area is 224 Å². The molecule has 1 unspecified atom stereocenters. The highest BCUT2D eigenvalue weighted by Crippen LogP contribution is 2.33. The van der Waals surface area contributed by atoms with Crippen molar-refractivity contribution < 1.29 is 28.4 Å².